The maximum atomic E-state index is 6.51. The number of hydrogen-bond donors (Lipinski definition) is 0. The molecule has 59 heavy (non-hydrogen) atoms. The van der Waals surface area contributed by atoms with E-state index in [2.05, 4.69) is 167 Å². The van der Waals surface area contributed by atoms with Gasteiger partial charge in [-0.05, 0) is 76.1 Å². The number of furan rings is 1. The van der Waals surface area contributed by atoms with E-state index in [9.17, 15) is 0 Å². The van der Waals surface area contributed by atoms with Gasteiger partial charge >= 0.3 is 0 Å². The summed E-state index contributed by atoms with van der Waals surface area (Å²) in [5.74, 6) is 1.71. The monoisotopic (exact) mass is 753 g/mol. The predicted molar refractivity (Wildman–Crippen MR) is 242 cm³/mol. The molecule has 4 heterocycles. The van der Waals surface area contributed by atoms with Crippen molar-refractivity contribution < 1.29 is 4.42 Å². The third kappa shape index (κ3) is 4.71. The van der Waals surface area contributed by atoms with Crippen molar-refractivity contribution in [3.63, 3.8) is 0 Å². The van der Waals surface area contributed by atoms with Crippen molar-refractivity contribution in [1.82, 2.24) is 24.1 Å². The lowest BCUT2D eigenvalue weighted by Gasteiger charge is -2.12. The first-order valence-corrected chi connectivity index (χ1v) is 19.9. The SMILES string of the molecule is c1ccc(-c2nc(-c3ccc4c(c3)oc3ccc5ccccc5c34)nc(-n3c4ccc(-n5c6ccccc6c6ccccc65)cc4c4c5ccccc5ccc43)n2)cc1. The Morgan fingerprint density at radius 2 is 0.932 bits per heavy atom. The molecule has 6 heteroatoms. The van der Waals surface area contributed by atoms with Gasteiger partial charge < -0.3 is 8.98 Å². The van der Waals surface area contributed by atoms with E-state index in [4.69, 9.17) is 19.4 Å². The van der Waals surface area contributed by atoms with Crippen LogP contribution in [0, 0.1) is 0 Å². The third-order valence-electron chi connectivity index (χ3n) is 12.0. The molecule has 0 saturated heterocycles. The zero-order valence-corrected chi connectivity index (χ0v) is 31.5. The average Bonchev–Trinajstić information content (AvgIpc) is 3.96. The largest absolute Gasteiger partial charge is 0.456 e. The fourth-order valence-electron chi connectivity index (χ4n) is 9.33. The van der Waals surface area contributed by atoms with Gasteiger partial charge in [0.2, 0.25) is 5.95 Å². The first-order valence-electron chi connectivity index (χ1n) is 19.9. The van der Waals surface area contributed by atoms with E-state index in [0.717, 1.165) is 60.6 Å². The highest BCUT2D eigenvalue weighted by Crippen LogP contribution is 2.41. The molecule has 13 rings (SSSR count). The molecule has 4 aromatic heterocycles. The first kappa shape index (κ1) is 32.0. The number of nitrogens with zero attached hydrogens (tertiary/aromatic N) is 5. The minimum absolute atomic E-state index is 0.546. The smallest absolute Gasteiger partial charge is 0.238 e. The fourth-order valence-corrected chi connectivity index (χ4v) is 9.33. The van der Waals surface area contributed by atoms with Crippen LogP contribution in [-0.2, 0) is 0 Å². The Morgan fingerprint density at radius 1 is 0.339 bits per heavy atom. The van der Waals surface area contributed by atoms with Gasteiger partial charge in [0, 0.05) is 49.1 Å². The van der Waals surface area contributed by atoms with Gasteiger partial charge in [0.1, 0.15) is 11.2 Å². The molecule has 0 amide bonds. The lowest BCUT2D eigenvalue weighted by molar-refractivity contribution is 0.669. The topological polar surface area (TPSA) is 61.7 Å². The number of hydrogen-bond acceptors (Lipinski definition) is 4. The van der Waals surface area contributed by atoms with Gasteiger partial charge in [0.05, 0.1) is 22.1 Å². The van der Waals surface area contributed by atoms with Crippen LogP contribution < -0.4 is 0 Å². The summed E-state index contributed by atoms with van der Waals surface area (Å²) in [4.78, 5) is 15.7. The van der Waals surface area contributed by atoms with Crippen LogP contribution in [0.15, 0.2) is 192 Å². The molecule has 13 aromatic rings. The van der Waals surface area contributed by atoms with E-state index >= 15 is 0 Å². The number of benzene rings is 9. The molecule has 0 atom stereocenters. The van der Waals surface area contributed by atoms with Gasteiger partial charge in [-0.3, -0.25) is 4.57 Å². The zero-order valence-electron chi connectivity index (χ0n) is 31.5. The highest BCUT2D eigenvalue weighted by Gasteiger charge is 2.22. The van der Waals surface area contributed by atoms with Crippen LogP contribution in [0.5, 0.6) is 0 Å². The standard InChI is InChI=1S/C53H31N5O/c1-2-14-34(15-3-1)51-54-52(35-22-26-41-48(30-35)59-47-29-24-33-13-5-7-17-38(33)50(41)47)56-53(55-51)58-45-28-25-36(31-42(45)49-37-16-6-4-12-32(37)23-27-46(49)58)57-43-20-10-8-18-39(43)40-19-9-11-21-44(40)57/h1-31H. The molecular formula is C53H31N5O. The van der Waals surface area contributed by atoms with E-state index in [1.165, 1.54) is 43.4 Å². The zero-order chi connectivity index (χ0) is 38.6. The molecular weight excluding hydrogens is 723 g/mol. The number of para-hydroxylation sites is 2. The van der Waals surface area contributed by atoms with Gasteiger partial charge in [-0.1, -0.05) is 133 Å². The Labute approximate surface area is 336 Å². The molecule has 0 spiro atoms. The van der Waals surface area contributed by atoms with Crippen LogP contribution >= 0.6 is 0 Å². The molecule has 0 fully saturated rings. The Kier molecular flexibility index (Phi) is 6.63. The minimum atomic E-state index is 0.546. The highest BCUT2D eigenvalue weighted by atomic mass is 16.3. The quantitative estimate of drug-likeness (QED) is 0.180. The molecule has 0 saturated carbocycles. The molecule has 0 bridgehead atoms. The Bertz CT molecular complexity index is 3800. The second kappa shape index (κ2) is 12.2. The molecule has 0 aliphatic rings. The van der Waals surface area contributed by atoms with Crippen LogP contribution in [0.2, 0.25) is 0 Å². The highest BCUT2D eigenvalue weighted by molar-refractivity contribution is 6.22. The van der Waals surface area contributed by atoms with Crippen molar-refractivity contribution in [3.8, 4) is 34.4 Å². The maximum absolute atomic E-state index is 6.51. The number of fused-ring (bicyclic) bond motifs is 13. The molecule has 0 aliphatic heterocycles. The van der Waals surface area contributed by atoms with E-state index < -0.39 is 0 Å². The van der Waals surface area contributed by atoms with E-state index in [-0.39, 0.29) is 0 Å². The summed E-state index contributed by atoms with van der Waals surface area (Å²) in [5.41, 5.74) is 8.88. The summed E-state index contributed by atoms with van der Waals surface area (Å²) in [6, 6.07) is 66.2. The molecule has 0 N–H and O–H groups in total. The van der Waals surface area contributed by atoms with Crippen molar-refractivity contribution in [1.29, 1.82) is 0 Å². The third-order valence-corrected chi connectivity index (χ3v) is 12.0. The summed E-state index contributed by atoms with van der Waals surface area (Å²) in [7, 11) is 0. The second-order valence-electron chi connectivity index (χ2n) is 15.2. The number of rotatable bonds is 4. The van der Waals surface area contributed by atoms with Crippen molar-refractivity contribution >= 4 is 87.1 Å². The van der Waals surface area contributed by atoms with Crippen LogP contribution in [-0.4, -0.2) is 24.1 Å². The Balaban J connectivity index is 1.08. The van der Waals surface area contributed by atoms with E-state index in [0.29, 0.717) is 17.6 Å². The Hall–Kier alpha value is -8.09. The average molecular weight is 754 g/mol. The Morgan fingerprint density at radius 3 is 1.68 bits per heavy atom. The van der Waals surface area contributed by atoms with Gasteiger partial charge in [-0.2, -0.15) is 9.97 Å². The van der Waals surface area contributed by atoms with Crippen molar-refractivity contribution in [2.75, 3.05) is 0 Å². The van der Waals surface area contributed by atoms with Crippen LogP contribution in [0.1, 0.15) is 0 Å². The molecule has 0 radical (unpaired) electrons. The van der Waals surface area contributed by atoms with E-state index in [1.54, 1.807) is 0 Å². The predicted octanol–water partition coefficient (Wildman–Crippen LogP) is 13.6. The molecule has 0 unspecified atom stereocenters. The summed E-state index contributed by atoms with van der Waals surface area (Å²) in [6.45, 7) is 0. The summed E-state index contributed by atoms with van der Waals surface area (Å²) < 4.78 is 11.1. The van der Waals surface area contributed by atoms with Gasteiger partial charge in [-0.25, -0.2) is 4.98 Å². The number of aromatic nitrogens is 5. The molecule has 0 aliphatic carbocycles. The van der Waals surface area contributed by atoms with Gasteiger partial charge in [-0.15, -0.1) is 0 Å². The van der Waals surface area contributed by atoms with Crippen molar-refractivity contribution in [3.05, 3.63) is 188 Å². The van der Waals surface area contributed by atoms with Crippen molar-refractivity contribution in [2.45, 2.75) is 0 Å². The summed E-state index contributed by atoms with van der Waals surface area (Å²) >= 11 is 0. The fraction of sp³-hybridized carbons (Fsp3) is 0. The van der Waals surface area contributed by atoms with Gasteiger partial charge in [0.25, 0.3) is 0 Å². The van der Waals surface area contributed by atoms with E-state index in [1.807, 2.05) is 30.3 Å². The minimum Gasteiger partial charge on any atom is -0.456 e. The lowest BCUT2D eigenvalue weighted by Crippen LogP contribution is -2.06. The normalized spacial score (nSPS) is 12.1. The second-order valence-corrected chi connectivity index (χ2v) is 15.2. The van der Waals surface area contributed by atoms with Gasteiger partial charge in [0.15, 0.2) is 11.6 Å². The first-order chi connectivity index (χ1) is 29.2. The van der Waals surface area contributed by atoms with Crippen LogP contribution in [0.4, 0.5) is 0 Å². The summed E-state index contributed by atoms with van der Waals surface area (Å²) in [5, 5.41) is 11.6. The van der Waals surface area contributed by atoms with Crippen molar-refractivity contribution in [2.24, 2.45) is 0 Å². The maximum Gasteiger partial charge on any atom is 0.238 e. The lowest BCUT2D eigenvalue weighted by atomic mass is 10.0. The molecule has 6 nitrogen and oxygen atoms in total. The van der Waals surface area contributed by atoms with Crippen LogP contribution in [0.25, 0.3) is 122 Å². The van der Waals surface area contributed by atoms with Crippen LogP contribution in [0.3, 0.4) is 0 Å². The molecule has 274 valence electrons. The summed E-state index contributed by atoms with van der Waals surface area (Å²) in [6.07, 6.45) is 0. The molecule has 9 aromatic carbocycles.